The van der Waals surface area contributed by atoms with E-state index in [1.165, 1.54) is 22.2 Å². The number of amides is 2. The number of rotatable bonds is 6. The number of carbonyl (C=O) groups is 2. The number of imide groups is 1. The van der Waals surface area contributed by atoms with Crippen molar-refractivity contribution >= 4 is 34.8 Å². The van der Waals surface area contributed by atoms with Crippen molar-refractivity contribution < 1.29 is 9.59 Å². The lowest BCUT2D eigenvalue weighted by atomic mass is 10.0. The van der Waals surface area contributed by atoms with E-state index in [0.29, 0.717) is 27.8 Å². The molecule has 0 unspecified atom stereocenters. The van der Waals surface area contributed by atoms with Gasteiger partial charge in [-0.2, -0.15) is 0 Å². The van der Waals surface area contributed by atoms with Crippen molar-refractivity contribution in [1.29, 1.82) is 0 Å². The molecule has 3 aromatic carbocycles. The molecule has 4 heteroatoms. The summed E-state index contributed by atoms with van der Waals surface area (Å²) in [6, 6.07) is 27.1. The number of benzene rings is 3. The predicted octanol–water partition coefficient (Wildman–Crippen LogP) is 6.03. The molecule has 0 spiro atoms. The molecule has 0 bridgehead atoms. The lowest BCUT2D eigenvalue weighted by molar-refractivity contribution is -0.119. The van der Waals surface area contributed by atoms with Gasteiger partial charge in [-0.15, -0.1) is 11.8 Å². The molecule has 0 fully saturated rings. The normalized spacial score (nSPS) is 14.2. The molecule has 0 aromatic heterocycles. The standard InChI is InChI=1S/C26H23NO2S/c1-18(2)20-13-15-22(16-14-20)27-25(28)23(21-11-7-4-8-12-21)24(26(27)29)30-17-19-9-5-3-6-10-19/h3-16,18H,17H2,1-2H3. The fourth-order valence-electron chi connectivity index (χ4n) is 3.48. The van der Waals surface area contributed by atoms with Crippen molar-refractivity contribution in [2.75, 3.05) is 4.90 Å². The van der Waals surface area contributed by atoms with E-state index in [4.69, 9.17) is 0 Å². The first-order chi connectivity index (χ1) is 14.6. The Morgan fingerprint density at radius 1 is 0.767 bits per heavy atom. The van der Waals surface area contributed by atoms with Gasteiger partial charge in [-0.05, 0) is 34.7 Å². The second-order valence-corrected chi connectivity index (χ2v) is 8.52. The Kier molecular flexibility index (Phi) is 5.86. The van der Waals surface area contributed by atoms with Crippen LogP contribution in [0.2, 0.25) is 0 Å². The maximum absolute atomic E-state index is 13.4. The summed E-state index contributed by atoms with van der Waals surface area (Å²) in [6.45, 7) is 4.24. The molecule has 0 aliphatic carbocycles. The third-order valence-electron chi connectivity index (χ3n) is 5.15. The predicted molar refractivity (Wildman–Crippen MR) is 124 cm³/mol. The second-order valence-electron chi connectivity index (χ2n) is 7.54. The minimum Gasteiger partial charge on any atom is -0.268 e. The lowest BCUT2D eigenvalue weighted by Gasteiger charge is -2.16. The Balaban J connectivity index is 1.70. The molecule has 150 valence electrons. The average molecular weight is 414 g/mol. The Labute approximate surface area is 181 Å². The minimum atomic E-state index is -0.265. The molecule has 3 nitrogen and oxygen atoms in total. The molecule has 1 heterocycles. The van der Waals surface area contributed by atoms with Gasteiger partial charge < -0.3 is 0 Å². The molecule has 2 amide bonds. The molecule has 4 rings (SSSR count). The van der Waals surface area contributed by atoms with Gasteiger partial charge in [0.25, 0.3) is 11.8 Å². The fourth-order valence-corrected chi connectivity index (χ4v) is 4.54. The van der Waals surface area contributed by atoms with Gasteiger partial charge in [-0.25, -0.2) is 4.90 Å². The number of thioether (sulfide) groups is 1. The lowest BCUT2D eigenvalue weighted by Crippen LogP contribution is -2.31. The first-order valence-corrected chi connectivity index (χ1v) is 11.0. The van der Waals surface area contributed by atoms with Crippen LogP contribution in [0, 0.1) is 0 Å². The Morgan fingerprint density at radius 2 is 1.37 bits per heavy atom. The first-order valence-electron chi connectivity index (χ1n) is 10.0. The average Bonchev–Trinajstić information content (AvgIpc) is 3.03. The van der Waals surface area contributed by atoms with Crippen LogP contribution in [0.5, 0.6) is 0 Å². The van der Waals surface area contributed by atoms with E-state index >= 15 is 0 Å². The van der Waals surface area contributed by atoms with E-state index in [-0.39, 0.29) is 11.8 Å². The van der Waals surface area contributed by atoms with Crippen molar-refractivity contribution in [2.45, 2.75) is 25.5 Å². The van der Waals surface area contributed by atoms with E-state index in [2.05, 4.69) is 13.8 Å². The number of hydrogen-bond acceptors (Lipinski definition) is 3. The first kappa shape index (κ1) is 20.2. The zero-order valence-corrected chi connectivity index (χ0v) is 17.9. The molecule has 0 saturated heterocycles. The van der Waals surface area contributed by atoms with Crippen LogP contribution < -0.4 is 4.90 Å². The molecule has 1 aliphatic heterocycles. The van der Waals surface area contributed by atoms with Crippen LogP contribution in [0.15, 0.2) is 89.8 Å². The van der Waals surface area contributed by atoms with E-state index in [9.17, 15) is 9.59 Å². The number of hydrogen-bond donors (Lipinski definition) is 0. The zero-order chi connectivity index (χ0) is 21.1. The molecular weight excluding hydrogens is 390 g/mol. The van der Waals surface area contributed by atoms with Crippen molar-refractivity contribution in [2.24, 2.45) is 0 Å². The third kappa shape index (κ3) is 3.96. The highest BCUT2D eigenvalue weighted by molar-refractivity contribution is 8.03. The highest BCUT2D eigenvalue weighted by Crippen LogP contribution is 2.39. The molecule has 1 aliphatic rings. The van der Waals surface area contributed by atoms with E-state index < -0.39 is 0 Å². The van der Waals surface area contributed by atoms with Gasteiger partial charge in [0.15, 0.2) is 0 Å². The number of anilines is 1. The summed E-state index contributed by atoms with van der Waals surface area (Å²) < 4.78 is 0. The van der Waals surface area contributed by atoms with Gasteiger partial charge in [0.05, 0.1) is 16.2 Å². The van der Waals surface area contributed by atoms with Crippen LogP contribution >= 0.6 is 11.8 Å². The van der Waals surface area contributed by atoms with Crippen LogP contribution in [0.4, 0.5) is 5.69 Å². The molecule has 0 atom stereocenters. The molecule has 0 N–H and O–H groups in total. The Bertz CT molecular complexity index is 1090. The topological polar surface area (TPSA) is 37.4 Å². The van der Waals surface area contributed by atoms with E-state index in [1.54, 1.807) is 0 Å². The van der Waals surface area contributed by atoms with Gasteiger partial charge in [-0.3, -0.25) is 9.59 Å². The summed E-state index contributed by atoms with van der Waals surface area (Å²) in [5.41, 5.74) is 4.15. The monoisotopic (exact) mass is 413 g/mol. The minimum absolute atomic E-state index is 0.253. The molecule has 0 saturated carbocycles. The third-order valence-corrected chi connectivity index (χ3v) is 6.29. The molecule has 30 heavy (non-hydrogen) atoms. The van der Waals surface area contributed by atoms with Gasteiger partial charge in [0, 0.05) is 5.75 Å². The summed E-state index contributed by atoms with van der Waals surface area (Å²) in [5.74, 6) is 0.501. The fraction of sp³-hybridized carbons (Fsp3) is 0.154. The van der Waals surface area contributed by atoms with E-state index in [1.807, 2.05) is 84.9 Å². The number of nitrogens with zero attached hydrogens (tertiary/aromatic N) is 1. The van der Waals surface area contributed by atoms with Crippen LogP contribution in [0.1, 0.15) is 36.5 Å². The Morgan fingerprint density at radius 3 is 1.97 bits per heavy atom. The molecular formula is C26H23NO2S. The summed E-state index contributed by atoms with van der Waals surface area (Å²) in [5, 5.41) is 0. The van der Waals surface area contributed by atoms with Crippen molar-refractivity contribution in [3.63, 3.8) is 0 Å². The largest absolute Gasteiger partial charge is 0.272 e. The maximum Gasteiger partial charge on any atom is 0.272 e. The van der Waals surface area contributed by atoms with Crippen LogP contribution in [-0.4, -0.2) is 11.8 Å². The zero-order valence-electron chi connectivity index (χ0n) is 17.0. The highest BCUT2D eigenvalue weighted by Gasteiger charge is 2.40. The summed E-state index contributed by atoms with van der Waals surface area (Å²) in [4.78, 5) is 28.6. The van der Waals surface area contributed by atoms with Crippen LogP contribution in [-0.2, 0) is 15.3 Å². The quantitative estimate of drug-likeness (QED) is 0.463. The molecule has 3 aromatic rings. The maximum atomic E-state index is 13.4. The summed E-state index contributed by atoms with van der Waals surface area (Å²) >= 11 is 1.43. The van der Waals surface area contributed by atoms with E-state index in [0.717, 1.165) is 11.1 Å². The van der Waals surface area contributed by atoms with Crippen LogP contribution in [0.25, 0.3) is 5.57 Å². The summed E-state index contributed by atoms with van der Waals surface area (Å²) in [7, 11) is 0. The summed E-state index contributed by atoms with van der Waals surface area (Å²) in [6.07, 6.45) is 0. The molecule has 0 radical (unpaired) electrons. The smallest absolute Gasteiger partial charge is 0.268 e. The van der Waals surface area contributed by atoms with Gasteiger partial charge in [0.2, 0.25) is 0 Å². The van der Waals surface area contributed by atoms with Gasteiger partial charge in [0.1, 0.15) is 0 Å². The SMILES string of the molecule is CC(C)c1ccc(N2C(=O)C(SCc3ccccc3)=C(c3ccccc3)C2=O)cc1. The Hall–Kier alpha value is -3.11. The van der Waals surface area contributed by atoms with Crippen molar-refractivity contribution in [3.05, 3.63) is 107 Å². The van der Waals surface area contributed by atoms with Gasteiger partial charge >= 0.3 is 0 Å². The highest BCUT2D eigenvalue weighted by atomic mass is 32.2. The van der Waals surface area contributed by atoms with Crippen molar-refractivity contribution in [1.82, 2.24) is 0 Å². The number of carbonyl (C=O) groups excluding carboxylic acids is 2. The van der Waals surface area contributed by atoms with Crippen LogP contribution in [0.3, 0.4) is 0 Å². The van der Waals surface area contributed by atoms with Crippen molar-refractivity contribution in [3.8, 4) is 0 Å². The second kappa shape index (κ2) is 8.72. The van der Waals surface area contributed by atoms with Gasteiger partial charge in [-0.1, -0.05) is 86.6 Å².